The second-order valence-corrected chi connectivity index (χ2v) is 9.37. The van der Waals surface area contributed by atoms with E-state index in [1.54, 1.807) is 13.1 Å². The maximum atomic E-state index is 13.5. The zero-order chi connectivity index (χ0) is 22.2. The number of piperidine rings is 1. The molecule has 1 aliphatic carbocycles. The van der Waals surface area contributed by atoms with Gasteiger partial charge in [0, 0.05) is 32.2 Å². The third-order valence-electron chi connectivity index (χ3n) is 7.46. The molecule has 2 amide bonds. The predicted octanol–water partition coefficient (Wildman–Crippen LogP) is 3.02. The number of anilines is 2. The summed E-state index contributed by atoms with van der Waals surface area (Å²) in [5.41, 5.74) is 1.13. The molecular formula is C23H34N4O4. The Morgan fingerprint density at radius 1 is 1.26 bits per heavy atom. The van der Waals surface area contributed by atoms with E-state index < -0.39 is 6.09 Å². The van der Waals surface area contributed by atoms with Crippen LogP contribution in [-0.2, 0) is 4.79 Å². The molecule has 0 radical (unpaired) electrons. The molecule has 31 heavy (non-hydrogen) atoms. The van der Waals surface area contributed by atoms with Gasteiger partial charge in [0.2, 0.25) is 5.91 Å². The van der Waals surface area contributed by atoms with Gasteiger partial charge in [0.25, 0.3) is 0 Å². The van der Waals surface area contributed by atoms with Gasteiger partial charge in [-0.05, 0) is 70.4 Å². The van der Waals surface area contributed by atoms with Gasteiger partial charge in [-0.15, -0.1) is 0 Å². The van der Waals surface area contributed by atoms with Crippen molar-refractivity contribution >= 4 is 23.5 Å². The lowest BCUT2D eigenvalue weighted by atomic mass is 9.78. The van der Waals surface area contributed by atoms with Gasteiger partial charge in [0.15, 0.2) is 0 Å². The Balaban J connectivity index is 1.49. The average molecular weight is 431 g/mol. The van der Waals surface area contributed by atoms with Crippen molar-refractivity contribution in [3.8, 4) is 0 Å². The van der Waals surface area contributed by atoms with Crippen LogP contribution in [0, 0.1) is 12.3 Å². The van der Waals surface area contributed by atoms with Gasteiger partial charge < -0.3 is 20.0 Å². The summed E-state index contributed by atoms with van der Waals surface area (Å²) in [5, 5.41) is 19.2. The minimum atomic E-state index is -0.982. The lowest BCUT2D eigenvalue weighted by Crippen LogP contribution is -2.50. The monoisotopic (exact) mass is 430 g/mol. The Hall–Kier alpha value is -2.35. The highest BCUT2D eigenvalue weighted by molar-refractivity contribution is 5.87. The highest BCUT2D eigenvalue weighted by Gasteiger charge is 2.50. The van der Waals surface area contributed by atoms with E-state index in [9.17, 15) is 19.8 Å². The van der Waals surface area contributed by atoms with Crippen LogP contribution in [-0.4, -0.2) is 70.4 Å². The van der Waals surface area contributed by atoms with E-state index in [0.29, 0.717) is 18.8 Å². The summed E-state index contributed by atoms with van der Waals surface area (Å²) in [5.74, 6) is 1.09. The number of likely N-dealkylation sites (tertiary alicyclic amines) is 1. The van der Waals surface area contributed by atoms with Crippen molar-refractivity contribution in [1.29, 1.82) is 0 Å². The molecule has 3 heterocycles. The van der Waals surface area contributed by atoms with E-state index in [0.717, 1.165) is 69.4 Å². The molecule has 0 bridgehead atoms. The molecule has 3 aliphatic rings. The van der Waals surface area contributed by atoms with Crippen LogP contribution >= 0.6 is 0 Å². The van der Waals surface area contributed by atoms with Crippen LogP contribution in [0.3, 0.4) is 0 Å². The maximum Gasteiger partial charge on any atom is 0.411 e. The van der Waals surface area contributed by atoms with Crippen LogP contribution in [0.25, 0.3) is 0 Å². The van der Waals surface area contributed by atoms with E-state index in [4.69, 9.17) is 0 Å². The van der Waals surface area contributed by atoms with Crippen LogP contribution in [0.15, 0.2) is 12.3 Å². The SMILES string of the molecule is CCN(C(=O)O)c1cnc(N2CCCC3(CCN(C4CCC(O)CC4)C3=O)C2)cc1C. The number of pyridine rings is 1. The summed E-state index contributed by atoms with van der Waals surface area (Å²) in [7, 11) is 0. The van der Waals surface area contributed by atoms with Crippen molar-refractivity contribution in [3.05, 3.63) is 17.8 Å². The second kappa shape index (κ2) is 8.65. The number of amides is 2. The van der Waals surface area contributed by atoms with Crippen LogP contribution in [0.5, 0.6) is 0 Å². The zero-order valence-corrected chi connectivity index (χ0v) is 18.6. The fourth-order valence-corrected chi connectivity index (χ4v) is 5.67. The van der Waals surface area contributed by atoms with Crippen LogP contribution in [0.4, 0.5) is 16.3 Å². The molecule has 170 valence electrons. The van der Waals surface area contributed by atoms with Gasteiger partial charge in [-0.25, -0.2) is 9.78 Å². The first-order valence-corrected chi connectivity index (χ1v) is 11.6. The quantitative estimate of drug-likeness (QED) is 0.762. The van der Waals surface area contributed by atoms with Crippen molar-refractivity contribution in [3.63, 3.8) is 0 Å². The number of carbonyl (C=O) groups is 2. The fourth-order valence-electron chi connectivity index (χ4n) is 5.67. The Labute approximate surface area is 183 Å². The molecule has 1 aromatic rings. The summed E-state index contributed by atoms with van der Waals surface area (Å²) in [6, 6.07) is 2.21. The number of carboxylic acid groups (broad SMARTS) is 1. The van der Waals surface area contributed by atoms with E-state index in [1.807, 2.05) is 13.0 Å². The highest BCUT2D eigenvalue weighted by Crippen LogP contribution is 2.43. The molecule has 1 unspecified atom stereocenters. The maximum absolute atomic E-state index is 13.5. The largest absolute Gasteiger partial charge is 0.465 e. The van der Waals surface area contributed by atoms with E-state index in [-0.39, 0.29) is 23.5 Å². The van der Waals surface area contributed by atoms with Gasteiger partial charge in [0.05, 0.1) is 23.4 Å². The van der Waals surface area contributed by atoms with Crippen molar-refractivity contribution in [2.45, 2.75) is 70.9 Å². The molecule has 8 heteroatoms. The third kappa shape index (κ3) is 4.10. The number of aliphatic hydroxyl groups is 1. The van der Waals surface area contributed by atoms with Crippen LogP contribution in [0.1, 0.15) is 57.4 Å². The minimum Gasteiger partial charge on any atom is -0.465 e. The number of aliphatic hydroxyl groups excluding tert-OH is 1. The van der Waals surface area contributed by atoms with Gasteiger partial charge in [0.1, 0.15) is 5.82 Å². The number of rotatable bonds is 4. The average Bonchev–Trinajstić information content (AvgIpc) is 3.05. The van der Waals surface area contributed by atoms with E-state index in [2.05, 4.69) is 14.8 Å². The number of nitrogens with zero attached hydrogens (tertiary/aromatic N) is 4. The van der Waals surface area contributed by atoms with Crippen LogP contribution in [0.2, 0.25) is 0 Å². The van der Waals surface area contributed by atoms with Gasteiger partial charge in [-0.2, -0.15) is 0 Å². The molecule has 0 aromatic carbocycles. The van der Waals surface area contributed by atoms with Crippen LogP contribution < -0.4 is 9.80 Å². The first kappa shape index (κ1) is 21.9. The smallest absolute Gasteiger partial charge is 0.411 e. The molecule has 3 fully saturated rings. The highest BCUT2D eigenvalue weighted by atomic mass is 16.4. The standard InChI is InChI=1S/C23H34N4O4/c1-3-26(22(30)31)19-14-24-20(13-16(19)2)25-11-4-9-23(15-25)10-12-27(21(23)29)17-5-7-18(28)8-6-17/h13-14,17-18,28H,3-12,15H2,1-2H3,(H,30,31). The first-order chi connectivity index (χ1) is 14.8. The Kier molecular flexibility index (Phi) is 6.10. The molecule has 1 saturated carbocycles. The molecule has 2 N–H and O–H groups in total. The fraction of sp³-hybridized carbons (Fsp3) is 0.696. The Morgan fingerprint density at radius 2 is 2.00 bits per heavy atom. The first-order valence-electron chi connectivity index (χ1n) is 11.6. The lowest BCUT2D eigenvalue weighted by molar-refractivity contribution is -0.139. The normalized spacial score (nSPS) is 28.9. The Bertz CT molecular complexity index is 839. The number of hydrogen-bond donors (Lipinski definition) is 2. The summed E-state index contributed by atoms with van der Waals surface area (Å²) < 4.78 is 0. The number of hydrogen-bond acceptors (Lipinski definition) is 5. The molecule has 1 aromatic heterocycles. The van der Waals surface area contributed by atoms with Crippen molar-refractivity contribution in [2.24, 2.45) is 5.41 Å². The number of aromatic nitrogens is 1. The molecule has 1 spiro atoms. The second-order valence-electron chi connectivity index (χ2n) is 9.37. The minimum absolute atomic E-state index is 0.213. The molecule has 2 saturated heterocycles. The summed E-state index contributed by atoms with van der Waals surface area (Å²) in [6.07, 6.45) is 6.54. The van der Waals surface area contributed by atoms with Gasteiger partial charge in [-0.1, -0.05) is 0 Å². The van der Waals surface area contributed by atoms with Crippen molar-refractivity contribution < 1.29 is 19.8 Å². The molecule has 4 rings (SSSR count). The van der Waals surface area contributed by atoms with Gasteiger partial charge in [-0.3, -0.25) is 9.69 Å². The van der Waals surface area contributed by atoms with Gasteiger partial charge >= 0.3 is 6.09 Å². The number of aryl methyl sites for hydroxylation is 1. The summed E-state index contributed by atoms with van der Waals surface area (Å²) >= 11 is 0. The van der Waals surface area contributed by atoms with E-state index in [1.165, 1.54) is 4.90 Å². The van der Waals surface area contributed by atoms with Crippen molar-refractivity contribution in [1.82, 2.24) is 9.88 Å². The molecule has 8 nitrogen and oxygen atoms in total. The number of carbonyl (C=O) groups excluding carboxylic acids is 1. The third-order valence-corrected chi connectivity index (χ3v) is 7.46. The molecular weight excluding hydrogens is 396 g/mol. The molecule has 1 atom stereocenters. The molecule has 2 aliphatic heterocycles. The van der Waals surface area contributed by atoms with E-state index >= 15 is 0 Å². The lowest BCUT2D eigenvalue weighted by Gasteiger charge is -2.41. The topological polar surface area (TPSA) is 97.2 Å². The van der Waals surface area contributed by atoms with Crippen molar-refractivity contribution in [2.75, 3.05) is 36.0 Å². The summed E-state index contributed by atoms with van der Waals surface area (Å²) in [6.45, 7) is 6.41. The predicted molar refractivity (Wildman–Crippen MR) is 118 cm³/mol. The zero-order valence-electron chi connectivity index (χ0n) is 18.6. The summed E-state index contributed by atoms with van der Waals surface area (Å²) in [4.78, 5) is 35.2. The Morgan fingerprint density at radius 3 is 2.65 bits per heavy atom.